The van der Waals surface area contributed by atoms with E-state index in [1.54, 1.807) is 18.2 Å². The normalized spacial score (nSPS) is 15.7. The third-order valence-electron chi connectivity index (χ3n) is 3.25. The van der Waals surface area contributed by atoms with Gasteiger partial charge in [0.1, 0.15) is 5.75 Å². The average molecular weight is 350 g/mol. The van der Waals surface area contributed by atoms with Gasteiger partial charge in [0.2, 0.25) is 5.08 Å². The third-order valence-corrected chi connectivity index (χ3v) is 7.36. The van der Waals surface area contributed by atoms with Crippen molar-refractivity contribution in [2.75, 3.05) is 7.11 Å². The molecular weight excluding hydrogens is 334 g/mol. The van der Waals surface area contributed by atoms with Gasteiger partial charge in [0, 0.05) is 6.07 Å². The third kappa shape index (κ3) is 2.85. The second-order valence-electron chi connectivity index (χ2n) is 4.78. The molecule has 11 heteroatoms. The molecule has 0 spiro atoms. The second-order valence-corrected chi connectivity index (χ2v) is 9.16. The number of benzene rings is 1. The summed E-state index contributed by atoms with van der Waals surface area (Å²) in [6.45, 7) is -0.773. The van der Waals surface area contributed by atoms with E-state index in [0.717, 1.165) is 0 Å². The molecule has 2 aromatic rings. The van der Waals surface area contributed by atoms with Crippen molar-refractivity contribution >= 4 is 32.3 Å². The fraction of sp³-hybridized carbons (Fsp3) is 0.273. The number of nitrogens with zero attached hydrogens (tertiary/aromatic N) is 2. The smallest absolute Gasteiger partial charge is 0.367 e. The molecule has 0 fully saturated rings. The van der Waals surface area contributed by atoms with Crippen LogP contribution in [-0.4, -0.2) is 52.7 Å². The summed E-state index contributed by atoms with van der Waals surface area (Å²) in [6.07, 6.45) is 4.15. The second kappa shape index (κ2) is 5.47. The summed E-state index contributed by atoms with van der Waals surface area (Å²) in [4.78, 5) is 41.8. The molecule has 0 saturated heterocycles. The summed E-state index contributed by atoms with van der Waals surface area (Å²) in [6, 6.07) is 4.76. The van der Waals surface area contributed by atoms with Crippen LogP contribution in [0.1, 0.15) is 0 Å². The maximum atomic E-state index is 11.5. The van der Waals surface area contributed by atoms with Gasteiger partial charge in [-0.1, -0.05) is 0 Å². The Hall–Kier alpha value is -1.18. The lowest BCUT2D eigenvalue weighted by molar-refractivity contribution is 0.130. The number of hydrogen-bond acceptors (Lipinski definition) is 6. The van der Waals surface area contributed by atoms with Crippen molar-refractivity contribution in [3.8, 4) is 5.75 Å². The molecular formula is C11H16N2O7P2. The van der Waals surface area contributed by atoms with Gasteiger partial charge in [0.15, 0.2) is 7.34 Å². The molecule has 0 amide bonds. The molecule has 0 bridgehead atoms. The van der Waals surface area contributed by atoms with Crippen LogP contribution in [0.2, 0.25) is 0 Å². The van der Waals surface area contributed by atoms with Crippen LogP contribution < -0.4 is 4.74 Å². The Kier molecular flexibility index (Phi) is 4.27. The van der Waals surface area contributed by atoms with Crippen LogP contribution in [0.5, 0.6) is 5.75 Å². The Labute approximate surface area is 125 Å². The first-order valence-corrected chi connectivity index (χ1v) is 9.45. The van der Waals surface area contributed by atoms with E-state index in [0.29, 0.717) is 16.8 Å². The van der Waals surface area contributed by atoms with Crippen molar-refractivity contribution in [3.05, 3.63) is 24.5 Å². The molecule has 2 rings (SSSR count). The maximum absolute atomic E-state index is 11.5. The SMILES string of the molecule is C=P(O)(O)C(O)(Cn1cnc2cc(OC)ccc21)P(=O)(O)O. The molecule has 122 valence electrons. The predicted octanol–water partition coefficient (Wildman–Crippen LogP) is 0.133. The van der Waals surface area contributed by atoms with Gasteiger partial charge in [-0.3, -0.25) is 4.57 Å². The number of aliphatic hydroxyl groups is 1. The Morgan fingerprint density at radius 3 is 2.50 bits per heavy atom. The monoisotopic (exact) mass is 350 g/mol. The summed E-state index contributed by atoms with van der Waals surface area (Å²) in [5.74, 6) is 0.534. The number of methoxy groups -OCH3 is 1. The molecule has 0 aliphatic heterocycles. The lowest BCUT2D eigenvalue weighted by atomic mass is 10.3. The Morgan fingerprint density at radius 2 is 2.00 bits per heavy atom. The van der Waals surface area contributed by atoms with Crippen molar-refractivity contribution < 1.29 is 34.0 Å². The van der Waals surface area contributed by atoms with Crippen LogP contribution in [0.25, 0.3) is 11.0 Å². The van der Waals surface area contributed by atoms with Crippen molar-refractivity contribution in [2.24, 2.45) is 0 Å². The first-order chi connectivity index (χ1) is 9.99. The van der Waals surface area contributed by atoms with E-state index in [4.69, 9.17) is 4.74 Å². The first kappa shape index (κ1) is 17.2. The predicted molar refractivity (Wildman–Crippen MR) is 81.8 cm³/mol. The summed E-state index contributed by atoms with van der Waals surface area (Å²) in [7, 11) is -8.32. The van der Waals surface area contributed by atoms with E-state index >= 15 is 0 Å². The number of fused-ring (bicyclic) bond motifs is 1. The van der Waals surface area contributed by atoms with Crippen LogP contribution in [0.3, 0.4) is 0 Å². The van der Waals surface area contributed by atoms with Crippen molar-refractivity contribution in [3.63, 3.8) is 0 Å². The number of rotatable bonds is 5. The van der Waals surface area contributed by atoms with Crippen molar-refractivity contribution in [1.82, 2.24) is 9.55 Å². The number of imidazole rings is 1. The highest BCUT2D eigenvalue weighted by Gasteiger charge is 2.54. The topological polar surface area (TPSA) is 145 Å². The molecule has 1 atom stereocenters. The van der Waals surface area contributed by atoms with E-state index in [9.17, 15) is 29.2 Å². The lowest BCUT2D eigenvalue weighted by Crippen LogP contribution is -2.34. The molecule has 0 radical (unpaired) electrons. The van der Waals surface area contributed by atoms with Crippen LogP contribution in [0.15, 0.2) is 24.5 Å². The molecule has 1 aromatic heterocycles. The van der Waals surface area contributed by atoms with Gasteiger partial charge in [0.05, 0.1) is 31.0 Å². The standard InChI is InChI=1S/C11H16N2O7P2/c1-20-8-3-4-10-9(5-8)12-7-13(10)6-11(14,21(2,15)16)22(17,18)19/h3-5,7,14-16H,2,6H2,1H3,(H2,17,18,19). The van der Waals surface area contributed by atoms with Gasteiger partial charge in [-0.15, -0.1) is 0 Å². The quantitative estimate of drug-likeness (QED) is 0.479. The van der Waals surface area contributed by atoms with E-state index in [1.807, 2.05) is 0 Å². The molecule has 22 heavy (non-hydrogen) atoms. The Balaban J connectivity index is 2.53. The minimum Gasteiger partial charge on any atom is -0.497 e. The average Bonchev–Trinajstić information content (AvgIpc) is 2.78. The molecule has 5 N–H and O–H groups in total. The summed E-state index contributed by atoms with van der Waals surface area (Å²) in [5.41, 5.74) is 0.886. The molecule has 1 aromatic carbocycles. The fourth-order valence-corrected chi connectivity index (χ4v) is 4.32. The largest absolute Gasteiger partial charge is 0.497 e. The summed E-state index contributed by atoms with van der Waals surface area (Å²) < 4.78 is 17.8. The Bertz CT molecular complexity index is 769. The maximum Gasteiger partial charge on any atom is 0.367 e. The van der Waals surface area contributed by atoms with E-state index < -0.39 is 26.6 Å². The fourth-order valence-electron chi connectivity index (χ4n) is 1.94. The van der Waals surface area contributed by atoms with Crippen LogP contribution in [0, 0.1) is 0 Å². The van der Waals surface area contributed by atoms with Crippen LogP contribution in [0.4, 0.5) is 0 Å². The molecule has 1 unspecified atom stereocenters. The van der Waals surface area contributed by atoms with Crippen molar-refractivity contribution in [2.45, 2.75) is 11.6 Å². The van der Waals surface area contributed by atoms with Gasteiger partial charge in [-0.05, 0) is 18.4 Å². The first-order valence-electron chi connectivity index (χ1n) is 5.95. The summed E-state index contributed by atoms with van der Waals surface area (Å²) in [5, 5.41) is 7.08. The van der Waals surface area contributed by atoms with E-state index in [-0.39, 0.29) is 0 Å². The molecule has 0 saturated carbocycles. The minimum atomic E-state index is -5.27. The zero-order chi connectivity index (χ0) is 16.8. The molecule has 0 aliphatic rings. The molecule has 1 heterocycles. The lowest BCUT2D eigenvalue weighted by Gasteiger charge is -2.33. The zero-order valence-corrected chi connectivity index (χ0v) is 13.4. The summed E-state index contributed by atoms with van der Waals surface area (Å²) >= 11 is 0. The van der Waals surface area contributed by atoms with Crippen molar-refractivity contribution in [1.29, 1.82) is 0 Å². The molecule has 0 aliphatic carbocycles. The minimum absolute atomic E-state index is 0.432. The van der Waals surface area contributed by atoms with Crippen LogP contribution in [-0.2, 0) is 11.1 Å². The molecule has 9 nitrogen and oxygen atoms in total. The zero-order valence-electron chi connectivity index (χ0n) is 11.6. The number of aromatic nitrogens is 2. The van der Waals surface area contributed by atoms with Gasteiger partial charge < -0.3 is 34.0 Å². The highest BCUT2D eigenvalue weighted by atomic mass is 31.2. The number of ether oxygens (including phenoxy) is 1. The highest BCUT2D eigenvalue weighted by Crippen LogP contribution is 2.67. The van der Waals surface area contributed by atoms with Gasteiger partial charge in [-0.25, -0.2) is 4.98 Å². The van der Waals surface area contributed by atoms with E-state index in [2.05, 4.69) is 11.3 Å². The Morgan fingerprint density at radius 1 is 1.36 bits per heavy atom. The van der Waals surface area contributed by atoms with Gasteiger partial charge in [-0.2, -0.15) is 0 Å². The van der Waals surface area contributed by atoms with Gasteiger partial charge in [0.25, 0.3) is 0 Å². The van der Waals surface area contributed by atoms with Crippen LogP contribution >= 0.6 is 14.9 Å². The van der Waals surface area contributed by atoms with E-state index in [1.165, 1.54) is 18.0 Å². The number of hydrogen-bond donors (Lipinski definition) is 5. The van der Waals surface area contributed by atoms with Gasteiger partial charge >= 0.3 is 7.60 Å². The highest BCUT2D eigenvalue weighted by molar-refractivity contribution is 7.77.